The van der Waals surface area contributed by atoms with Gasteiger partial charge in [0.15, 0.2) is 0 Å². The average molecular weight is 305 g/mol. The molecule has 0 saturated heterocycles. The van der Waals surface area contributed by atoms with Gasteiger partial charge in [0.2, 0.25) is 0 Å². The molecule has 20 heavy (non-hydrogen) atoms. The van der Waals surface area contributed by atoms with Crippen molar-refractivity contribution in [2.75, 3.05) is 0 Å². The summed E-state index contributed by atoms with van der Waals surface area (Å²) in [7, 11) is 0. The second-order valence-corrected chi connectivity index (χ2v) is 5.50. The summed E-state index contributed by atoms with van der Waals surface area (Å²) in [6.07, 6.45) is 0. The lowest BCUT2D eigenvalue weighted by molar-refractivity contribution is 0.0697. The van der Waals surface area contributed by atoms with E-state index in [4.69, 9.17) is 22.0 Å². The summed E-state index contributed by atoms with van der Waals surface area (Å²) in [6.45, 7) is 1.80. The molecule has 0 atom stereocenters. The quantitative estimate of drug-likeness (QED) is 0.934. The van der Waals surface area contributed by atoms with Gasteiger partial charge in [-0.15, -0.1) is 0 Å². The summed E-state index contributed by atoms with van der Waals surface area (Å²) in [4.78, 5) is 16.0. The van der Waals surface area contributed by atoms with Crippen LogP contribution in [-0.4, -0.2) is 16.1 Å². The van der Waals surface area contributed by atoms with Gasteiger partial charge in [0.05, 0.1) is 22.2 Å². The Morgan fingerprint density at radius 2 is 2.15 bits per heavy atom. The van der Waals surface area contributed by atoms with Crippen molar-refractivity contribution < 1.29 is 9.90 Å². The van der Waals surface area contributed by atoms with Crippen molar-refractivity contribution in [2.24, 2.45) is 0 Å². The molecule has 0 spiro atoms. The molecular weight excluding hydrogens is 296 g/mol. The van der Waals surface area contributed by atoms with E-state index in [2.05, 4.69) is 11.1 Å². The molecule has 0 saturated carbocycles. The van der Waals surface area contributed by atoms with Crippen LogP contribution in [0.15, 0.2) is 40.3 Å². The second kappa shape index (κ2) is 5.95. The van der Waals surface area contributed by atoms with Crippen LogP contribution in [0.2, 0.25) is 5.02 Å². The van der Waals surface area contributed by atoms with E-state index in [-0.39, 0.29) is 10.6 Å². The minimum Gasteiger partial charge on any atom is -0.478 e. The summed E-state index contributed by atoms with van der Waals surface area (Å²) in [5, 5.41) is 18.8. The third-order valence-corrected chi connectivity index (χ3v) is 3.69. The standard InChI is InChI=1S/C14H9ClN2O2S/c1-8-4-9(7-16)5-13(17-8)20-10-2-3-12(15)11(6-10)14(18)19/h2-6H,1H3,(H,18,19). The summed E-state index contributed by atoms with van der Waals surface area (Å²) in [6, 6.07) is 10.2. The smallest absolute Gasteiger partial charge is 0.337 e. The Morgan fingerprint density at radius 3 is 2.80 bits per heavy atom. The van der Waals surface area contributed by atoms with Crippen LogP contribution < -0.4 is 0 Å². The molecule has 0 fully saturated rings. The van der Waals surface area contributed by atoms with Gasteiger partial charge >= 0.3 is 5.97 Å². The van der Waals surface area contributed by atoms with E-state index in [0.717, 1.165) is 5.69 Å². The molecule has 1 heterocycles. The molecule has 0 amide bonds. The fourth-order valence-corrected chi connectivity index (χ4v) is 2.74. The van der Waals surface area contributed by atoms with Gasteiger partial charge in [0.1, 0.15) is 5.03 Å². The number of hydrogen-bond acceptors (Lipinski definition) is 4. The zero-order valence-electron chi connectivity index (χ0n) is 10.4. The Kier molecular flexibility index (Phi) is 4.28. The number of aromatic carboxylic acids is 1. The maximum Gasteiger partial charge on any atom is 0.337 e. The normalized spacial score (nSPS) is 10.1. The second-order valence-electron chi connectivity index (χ2n) is 4.00. The summed E-state index contributed by atoms with van der Waals surface area (Å²) in [5.41, 5.74) is 1.30. The lowest BCUT2D eigenvalue weighted by Crippen LogP contribution is -1.97. The average Bonchev–Trinajstić information content (AvgIpc) is 2.40. The van der Waals surface area contributed by atoms with Gasteiger partial charge in [0.25, 0.3) is 0 Å². The number of aromatic nitrogens is 1. The molecule has 6 heteroatoms. The molecule has 0 aliphatic carbocycles. The molecule has 2 aromatic rings. The van der Waals surface area contributed by atoms with E-state index in [1.54, 1.807) is 25.1 Å². The van der Waals surface area contributed by atoms with E-state index in [1.807, 2.05) is 0 Å². The monoisotopic (exact) mass is 304 g/mol. The molecule has 4 nitrogen and oxygen atoms in total. The molecule has 0 aliphatic rings. The van der Waals surface area contributed by atoms with Gasteiger partial charge in [0, 0.05) is 10.6 Å². The molecule has 0 radical (unpaired) electrons. The van der Waals surface area contributed by atoms with Crippen LogP contribution >= 0.6 is 23.4 Å². The van der Waals surface area contributed by atoms with Gasteiger partial charge in [-0.3, -0.25) is 0 Å². The van der Waals surface area contributed by atoms with Gasteiger partial charge in [-0.2, -0.15) is 5.26 Å². The first-order chi connectivity index (χ1) is 9.49. The number of benzene rings is 1. The van der Waals surface area contributed by atoms with E-state index in [1.165, 1.54) is 23.9 Å². The number of aryl methyl sites for hydroxylation is 1. The first-order valence-corrected chi connectivity index (χ1v) is 6.78. The topological polar surface area (TPSA) is 74.0 Å². The molecule has 0 aliphatic heterocycles. The summed E-state index contributed by atoms with van der Waals surface area (Å²) < 4.78 is 0. The number of carbonyl (C=O) groups is 1. The predicted octanol–water partition coefficient (Wildman–Crippen LogP) is 3.76. The van der Waals surface area contributed by atoms with Crippen molar-refractivity contribution in [2.45, 2.75) is 16.8 Å². The van der Waals surface area contributed by atoms with Crippen molar-refractivity contribution >= 4 is 29.3 Å². The van der Waals surface area contributed by atoms with Crippen molar-refractivity contribution in [1.29, 1.82) is 5.26 Å². The number of carboxylic acid groups (broad SMARTS) is 1. The zero-order valence-corrected chi connectivity index (χ0v) is 12.0. The molecule has 0 bridgehead atoms. The predicted molar refractivity (Wildman–Crippen MR) is 76.2 cm³/mol. The Labute approximate surface area is 125 Å². The Bertz CT molecular complexity index is 726. The molecule has 100 valence electrons. The highest BCUT2D eigenvalue weighted by molar-refractivity contribution is 7.99. The van der Waals surface area contributed by atoms with Crippen LogP contribution in [0.25, 0.3) is 0 Å². The van der Waals surface area contributed by atoms with Crippen LogP contribution in [0, 0.1) is 18.3 Å². The van der Waals surface area contributed by atoms with Gasteiger partial charge in [-0.1, -0.05) is 23.4 Å². The zero-order chi connectivity index (χ0) is 14.7. The molecule has 0 unspecified atom stereocenters. The number of carboxylic acids is 1. The first-order valence-electron chi connectivity index (χ1n) is 5.59. The molecule has 1 aromatic heterocycles. The number of nitriles is 1. The van der Waals surface area contributed by atoms with Crippen molar-refractivity contribution in [3.8, 4) is 6.07 Å². The number of halogens is 1. The minimum atomic E-state index is -1.08. The highest BCUT2D eigenvalue weighted by atomic mass is 35.5. The maximum atomic E-state index is 11.0. The van der Waals surface area contributed by atoms with Crippen LogP contribution in [0.3, 0.4) is 0 Å². The van der Waals surface area contributed by atoms with E-state index >= 15 is 0 Å². The van der Waals surface area contributed by atoms with Crippen LogP contribution in [0.4, 0.5) is 0 Å². The van der Waals surface area contributed by atoms with Crippen LogP contribution in [-0.2, 0) is 0 Å². The summed E-state index contributed by atoms with van der Waals surface area (Å²) >= 11 is 7.11. The van der Waals surface area contributed by atoms with Gasteiger partial charge in [-0.25, -0.2) is 9.78 Å². The Hall–Kier alpha value is -2.03. The fraction of sp³-hybridized carbons (Fsp3) is 0.0714. The number of nitrogens with zero attached hydrogens (tertiary/aromatic N) is 2. The van der Waals surface area contributed by atoms with E-state index in [0.29, 0.717) is 15.5 Å². The van der Waals surface area contributed by atoms with Crippen LogP contribution in [0.5, 0.6) is 0 Å². The van der Waals surface area contributed by atoms with Crippen molar-refractivity contribution in [3.63, 3.8) is 0 Å². The summed E-state index contributed by atoms with van der Waals surface area (Å²) in [5.74, 6) is -1.08. The highest BCUT2D eigenvalue weighted by Crippen LogP contribution is 2.30. The molecule has 2 rings (SSSR count). The van der Waals surface area contributed by atoms with E-state index < -0.39 is 5.97 Å². The van der Waals surface area contributed by atoms with E-state index in [9.17, 15) is 4.79 Å². The first kappa shape index (κ1) is 14.4. The third kappa shape index (κ3) is 3.29. The lowest BCUT2D eigenvalue weighted by atomic mass is 10.2. The van der Waals surface area contributed by atoms with Gasteiger partial charge in [-0.05, 0) is 37.3 Å². The number of hydrogen-bond donors (Lipinski definition) is 1. The third-order valence-electron chi connectivity index (χ3n) is 2.45. The van der Waals surface area contributed by atoms with Gasteiger partial charge < -0.3 is 5.11 Å². The Morgan fingerprint density at radius 1 is 1.40 bits per heavy atom. The van der Waals surface area contributed by atoms with Crippen molar-refractivity contribution in [1.82, 2.24) is 4.98 Å². The fourth-order valence-electron chi connectivity index (χ4n) is 1.61. The molecule has 1 N–H and O–H groups in total. The minimum absolute atomic E-state index is 0.0461. The molecular formula is C14H9ClN2O2S. The largest absolute Gasteiger partial charge is 0.478 e. The van der Waals surface area contributed by atoms with Crippen LogP contribution in [0.1, 0.15) is 21.6 Å². The SMILES string of the molecule is Cc1cc(C#N)cc(Sc2ccc(Cl)c(C(=O)O)c2)n1. The molecule has 1 aromatic carbocycles. The number of pyridine rings is 1. The Balaban J connectivity index is 2.35. The number of rotatable bonds is 3. The maximum absolute atomic E-state index is 11.0. The lowest BCUT2D eigenvalue weighted by Gasteiger charge is -2.05. The van der Waals surface area contributed by atoms with Crippen molar-refractivity contribution in [3.05, 3.63) is 52.2 Å². The highest BCUT2D eigenvalue weighted by Gasteiger charge is 2.11.